The Balaban J connectivity index is 1.82. The van der Waals surface area contributed by atoms with Crippen LogP contribution in [0.5, 0.6) is 0 Å². The van der Waals surface area contributed by atoms with Crippen molar-refractivity contribution in [1.82, 2.24) is 9.78 Å². The van der Waals surface area contributed by atoms with Crippen LogP contribution < -0.4 is 5.73 Å². The first kappa shape index (κ1) is 12.9. The summed E-state index contributed by atoms with van der Waals surface area (Å²) in [5.41, 5.74) is 8.85. The van der Waals surface area contributed by atoms with Gasteiger partial charge >= 0.3 is 0 Å². The van der Waals surface area contributed by atoms with E-state index >= 15 is 0 Å². The van der Waals surface area contributed by atoms with E-state index < -0.39 is 0 Å². The molecule has 0 saturated carbocycles. The minimum absolute atomic E-state index is 0.0519. The molecule has 0 bridgehead atoms. The molecule has 1 atom stereocenters. The minimum atomic E-state index is 0.0519. The summed E-state index contributed by atoms with van der Waals surface area (Å²) in [5.74, 6) is 0. The van der Waals surface area contributed by atoms with Gasteiger partial charge in [0.1, 0.15) is 0 Å². The lowest BCUT2D eigenvalue weighted by molar-refractivity contribution is 0.616. The normalized spacial score (nSPS) is 12.7. The average molecular weight is 265 g/mol. The second kappa shape index (κ2) is 5.47. The Labute approximate surface area is 119 Å². The molecule has 0 saturated heterocycles. The standard InChI is InChI=1S/C17H19N3/c1-20-14(11-12-19-20)9-10-17(18)16-8-4-6-13-5-2-3-7-15(13)16/h2-8,11-12,17H,9-10,18H2,1H3. The summed E-state index contributed by atoms with van der Waals surface area (Å²) in [6.07, 6.45) is 3.70. The summed E-state index contributed by atoms with van der Waals surface area (Å²) < 4.78 is 1.91. The molecule has 0 aliphatic heterocycles. The van der Waals surface area contributed by atoms with Crippen molar-refractivity contribution in [2.45, 2.75) is 18.9 Å². The van der Waals surface area contributed by atoms with Crippen LogP contribution >= 0.6 is 0 Å². The van der Waals surface area contributed by atoms with E-state index in [1.807, 2.05) is 17.9 Å². The average Bonchev–Trinajstić information content (AvgIpc) is 2.89. The topological polar surface area (TPSA) is 43.8 Å². The monoisotopic (exact) mass is 265 g/mol. The van der Waals surface area contributed by atoms with E-state index in [1.165, 1.54) is 22.0 Å². The van der Waals surface area contributed by atoms with Gasteiger partial charge in [0.15, 0.2) is 0 Å². The molecule has 1 unspecified atom stereocenters. The summed E-state index contributed by atoms with van der Waals surface area (Å²) in [7, 11) is 1.97. The molecule has 0 spiro atoms. The van der Waals surface area contributed by atoms with E-state index in [0.29, 0.717) is 0 Å². The predicted molar refractivity (Wildman–Crippen MR) is 82.4 cm³/mol. The van der Waals surface area contributed by atoms with Crippen LogP contribution in [0.1, 0.15) is 23.7 Å². The second-order valence-corrected chi connectivity index (χ2v) is 5.16. The zero-order valence-corrected chi connectivity index (χ0v) is 11.7. The maximum absolute atomic E-state index is 6.40. The maximum atomic E-state index is 6.40. The van der Waals surface area contributed by atoms with Gasteiger partial charge in [-0.1, -0.05) is 42.5 Å². The van der Waals surface area contributed by atoms with Gasteiger partial charge in [-0.05, 0) is 35.2 Å². The highest BCUT2D eigenvalue weighted by molar-refractivity contribution is 5.86. The molecule has 0 amide bonds. The van der Waals surface area contributed by atoms with E-state index in [-0.39, 0.29) is 6.04 Å². The van der Waals surface area contributed by atoms with Crippen molar-refractivity contribution in [3.63, 3.8) is 0 Å². The summed E-state index contributed by atoms with van der Waals surface area (Å²) in [6.45, 7) is 0. The van der Waals surface area contributed by atoms with Crippen LogP contribution in [-0.2, 0) is 13.5 Å². The Kier molecular flexibility index (Phi) is 3.52. The maximum Gasteiger partial charge on any atom is 0.0492 e. The Morgan fingerprint density at radius 3 is 2.70 bits per heavy atom. The van der Waals surface area contributed by atoms with Crippen molar-refractivity contribution in [2.75, 3.05) is 0 Å². The minimum Gasteiger partial charge on any atom is -0.324 e. The van der Waals surface area contributed by atoms with Crippen molar-refractivity contribution in [3.8, 4) is 0 Å². The highest BCUT2D eigenvalue weighted by Gasteiger charge is 2.10. The van der Waals surface area contributed by atoms with E-state index in [1.54, 1.807) is 0 Å². The smallest absolute Gasteiger partial charge is 0.0492 e. The molecular weight excluding hydrogens is 246 g/mol. The summed E-state index contributed by atoms with van der Waals surface area (Å²) >= 11 is 0. The first-order valence-electron chi connectivity index (χ1n) is 6.96. The molecule has 3 nitrogen and oxygen atoms in total. The van der Waals surface area contributed by atoms with Crippen molar-refractivity contribution < 1.29 is 0 Å². The first-order chi connectivity index (χ1) is 9.75. The second-order valence-electron chi connectivity index (χ2n) is 5.16. The van der Waals surface area contributed by atoms with Crippen LogP contribution in [-0.4, -0.2) is 9.78 Å². The summed E-state index contributed by atoms with van der Waals surface area (Å²) in [5, 5.41) is 6.70. The molecule has 1 aromatic heterocycles. The fourth-order valence-corrected chi connectivity index (χ4v) is 2.68. The fourth-order valence-electron chi connectivity index (χ4n) is 2.68. The Morgan fingerprint density at radius 2 is 1.90 bits per heavy atom. The number of fused-ring (bicyclic) bond motifs is 1. The van der Waals surface area contributed by atoms with E-state index in [2.05, 4.69) is 53.6 Å². The number of benzene rings is 2. The molecule has 0 fully saturated rings. The van der Waals surface area contributed by atoms with Crippen LogP contribution in [0.15, 0.2) is 54.7 Å². The number of rotatable bonds is 4. The highest BCUT2D eigenvalue weighted by Crippen LogP contribution is 2.25. The zero-order chi connectivity index (χ0) is 13.9. The van der Waals surface area contributed by atoms with Gasteiger partial charge in [-0.3, -0.25) is 4.68 Å². The Morgan fingerprint density at radius 1 is 1.10 bits per heavy atom. The van der Waals surface area contributed by atoms with E-state index in [9.17, 15) is 0 Å². The summed E-state index contributed by atoms with van der Waals surface area (Å²) in [6, 6.07) is 16.9. The molecule has 20 heavy (non-hydrogen) atoms. The van der Waals surface area contributed by atoms with Gasteiger partial charge in [-0.15, -0.1) is 0 Å². The van der Waals surface area contributed by atoms with Gasteiger partial charge in [0.05, 0.1) is 0 Å². The molecule has 0 aliphatic carbocycles. The van der Waals surface area contributed by atoms with Crippen LogP contribution in [0.2, 0.25) is 0 Å². The number of aromatic nitrogens is 2. The quantitative estimate of drug-likeness (QED) is 0.787. The van der Waals surface area contributed by atoms with Crippen molar-refractivity contribution in [1.29, 1.82) is 0 Å². The van der Waals surface area contributed by atoms with Gasteiger partial charge in [-0.2, -0.15) is 5.10 Å². The SMILES string of the molecule is Cn1nccc1CCC(N)c1cccc2ccccc12. The number of aryl methyl sites for hydroxylation is 2. The molecule has 1 heterocycles. The van der Waals surface area contributed by atoms with Gasteiger partial charge in [0.25, 0.3) is 0 Å². The Bertz CT molecular complexity index is 710. The van der Waals surface area contributed by atoms with Crippen LogP contribution in [0.25, 0.3) is 10.8 Å². The van der Waals surface area contributed by atoms with E-state index in [4.69, 9.17) is 5.73 Å². The third kappa shape index (κ3) is 2.45. The first-order valence-corrected chi connectivity index (χ1v) is 6.96. The van der Waals surface area contributed by atoms with Crippen LogP contribution in [0.3, 0.4) is 0 Å². The number of hydrogen-bond acceptors (Lipinski definition) is 2. The van der Waals surface area contributed by atoms with Crippen molar-refractivity contribution in [2.24, 2.45) is 12.8 Å². The molecule has 3 heteroatoms. The molecule has 0 aliphatic rings. The lowest BCUT2D eigenvalue weighted by Gasteiger charge is -2.14. The lowest BCUT2D eigenvalue weighted by Crippen LogP contribution is -2.12. The molecular formula is C17H19N3. The third-order valence-electron chi connectivity index (χ3n) is 3.86. The number of nitrogens with two attached hydrogens (primary N) is 1. The molecule has 3 rings (SSSR count). The van der Waals surface area contributed by atoms with Gasteiger partial charge < -0.3 is 5.73 Å². The molecule has 2 N–H and O–H groups in total. The summed E-state index contributed by atoms with van der Waals surface area (Å²) in [4.78, 5) is 0. The zero-order valence-electron chi connectivity index (χ0n) is 11.7. The number of nitrogens with zero attached hydrogens (tertiary/aromatic N) is 2. The Hall–Kier alpha value is -2.13. The van der Waals surface area contributed by atoms with E-state index in [0.717, 1.165) is 12.8 Å². The molecule has 102 valence electrons. The molecule has 0 radical (unpaired) electrons. The van der Waals surface area contributed by atoms with Crippen molar-refractivity contribution in [3.05, 3.63) is 66.0 Å². The van der Waals surface area contributed by atoms with Gasteiger partial charge in [-0.25, -0.2) is 0 Å². The largest absolute Gasteiger partial charge is 0.324 e. The van der Waals surface area contributed by atoms with Gasteiger partial charge in [0, 0.05) is 25.0 Å². The molecule has 2 aromatic carbocycles. The highest BCUT2D eigenvalue weighted by atomic mass is 15.2. The van der Waals surface area contributed by atoms with Crippen LogP contribution in [0, 0.1) is 0 Å². The predicted octanol–water partition coefficient (Wildman–Crippen LogP) is 3.21. The third-order valence-corrected chi connectivity index (χ3v) is 3.86. The fraction of sp³-hybridized carbons (Fsp3) is 0.235. The van der Waals surface area contributed by atoms with Crippen molar-refractivity contribution >= 4 is 10.8 Å². The van der Waals surface area contributed by atoms with Gasteiger partial charge in [0.2, 0.25) is 0 Å². The van der Waals surface area contributed by atoms with Crippen LogP contribution in [0.4, 0.5) is 0 Å². The molecule has 3 aromatic rings. The number of hydrogen-bond donors (Lipinski definition) is 1. The lowest BCUT2D eigenvalue weighted by atomic mass is 9.96.